The fourth-order valence-electron chi connectivity index (χ4n) is 4.66. The van der Waals surface area contributed by atoms with E-state index < -0.39 is 5.82 Å². The Hall–Kier alpha value is -4.59. The Morgan fingerprint density at radius 1 is 1.24 bits per heavy atom. The molecule has 2 unspecified atom stereocenters. The van der Waals surface area contributed by atoms with E-state index in [0.717, 1.165) is 23.9 Å². The first-order valence-corrected chi connectivity index (χ1v) is 12.1. The zero-order chi connectivity index (χ0) is 25.9. The molecule has 1 aliphatic carbocycles. The highest BCUT2D eigenvalue weighted by atomic mass is 19.1. The molecular weight excluding hydrogens is 473 g/mol. The zero-order valence-corrected chi connectivity index (χ0v) is 20.4. The topological polar surface area (TPSA) is 137 Å². The van der Waals surface area contributed by atoms with Gasteiger partial charge in [0.25, 0.3) is 0 Å². The van der Waals surface area contributed by atoms with Crippen LogP contribution in [0.2, 0.25) is 0 Å². The molecule has 1 fully saturated rings. The Morgan fingerprint density at radius 3 is 2.78 bits per heavy atom. The number of carbonyl (C=O) groups excluding carboxylic acids is 1. The monoisotopic (exact) mass is 499 g/mol. The minimum atomic E-state index is -0.436. The quantitative estimate of drug-likeness (QED) is 0.346. The molecule has 4 aromatic rings. The molecule has 4 heterocycles. The smallest absolute Gasteiger partial charge is 0.223 e. The number of aryl methyl sites for hydroxylation is 1. The number of nitriles is 1. The van der Waals surface area contributed by atoms with E-state index in [9.17, 15) is 14.4 Å². The Kier molecular flexibility index (Phi) is 6.64. The summed E-state index contributed by atoms with van der Waals surface area (Å²) < 4.78 is 14.6. The maximum Gasteiger partial charge on any atom is 0.223 e. The number of nitrogens with zero attached hydrogens (tertiary/aromatic N) is 6. The average molecular weight is 500 g/mol. The molecule has 1 amide bonds. The van der Waals surface area contributed by atoms with Crippen LogP contribution in [-0.4, -0.2) is 35.9 Å². The molecule has 4 aromatic heterocycles. The maximum atomic E-state index is 13.2. The minimum Gasteiger partial charge on any atom is -0.349 e. The summed E-state index contributed by atoms with van der Waals surface area (Å²) in [5.41, 5.74) is 2.99. The number of amides is 1. The summed E-state index contributed by atoms with van der Waals surface area (Å²) in [7, 11) is 0. The second-order valence-corrected chi connectivity index (χ2v) is 9.29. The van der Waals surface area contributed by atoms with E-state index >= 15 is 0 Å². The van der Waals surface area contributed by atoms with Crippen molar-refractivity contribution in [3.63, 3.8) is 0 Å². The van der Waals surface area contributed by atoms with E-state index in [1.807, 2.05) is 26.0 Å². The Morgan fingerprint density at radius 2 is 2.11 bits per heavy atom. The fraction of sp³-hybridized carbons (Fsp3) is 0.308. The van der Waals surface area contributed by atoms with Crippen molar-refractivity contribution in [3.05, 3.63) is 77.3 Å². The molecule has 37 heavy (non-hydrogen) atoms. The van der Waals surface area contributed by atoms with Crippen molar-refractivity contribution in [1.29, 1.82) is 5.26 Å². The van der Waals surface area contributed by atoms with Gasteiger partial charge in [0, 0.05) is 29.8 Å². The van der Waals surface area contributed by atoms with Crippen LogP contribution in [0.15, 0.2) is 48.9 Å². The summed E-state index contributed by atoms with van der Waals surface area (Å²) in [6, 6.07) is 10.9. The molecule has 10 nitrogen and oxygen atoms in total. The number of aromatic amines is 1. The highest BCUT2D eigenvalue weighted by Gasteiger charge is 2.33. The molecule has 5 rings (SSSR count). The Bertz CT molecular complexity index is 1450. The third-order valence-corrected chi connectivity index (χ3v) is 6.61. The van der Waals surface area contributed by atoms with Crippen molar-refractivity contribution >= 4 is 17.5 Å². The van der Waals surface area contributed by atoms with Crippen molar-refractivity contribution < 1.29 is 9.18 Å². The van der Waals surface area contributed by atoms with Crippen molar-refractivity contribution in [2.45, 2.75) is 45.1 Å². The Balaban J connectivity index is 1.22. The first-order valence-electron chi connectivity index (χ1n) is 12.1. The van der Waals surface area contributed by atoms with Crippen molar-refractivity contribution in [2.75, 3.05) is 5.32 Å². The van der Waals surface area contributed by atoms with Crippen molar-refractivity contribution in [3.8, 4) is 11.9 Å². The maximum absolute atomic E-state index is 13.2. The minimum absolute atomic E-state index is 0.0128. The van der Waals surface area contributed by atoms with E-state index in [-0.39, 0.29) is 23.8 Å². The van der Waals surface area contributed by atoms with E-state index in [1.165, 1.54) is 10.9 Å². The molecule has 11 heteroatoms. The van der Waals surface area contributed by atoms with Crippen LogP contribution in [0.25, 0.3) is 5.82 Å². The van der Waals surface area contributed by atoms with Crippen LogP contribution < -0.4 is 10.6 Å². The number of aromatic nitrogens is 6. The van der Waals surface area contributed by atoms with Gasteiger partial charge in [-0.3, -0.25) is 9.89 Å². The number of halogens is 1. The van der Waals surface area contributed by atoms with Crippen LogP contribution >= 0.6 is 0 Å². The van der Waals surface area contributed by atoms with Crippen LogP contribution in [-0.2, 0) is 4.79 Å². The van der Waals surface area contributed by atoms with Gasteiger partial charge in [0.1, 0.15) is 11.9 Å². The fourth-order valence-corrected chi connectivity index (χ4v) is 4.66. The first kappa shape index (κ1) is 24.1. The number of H-pyrrole nitrogens is 1. The summed E-state index contributed by atoms with van der Waals surface area (Å²) in [5, 5.41) is 26.8. The number of pyridine rings is 2. The average Bonchev–Trinajstić information content (AvgIpc) is 3.65. The number of carbonyl (C=O) groups is 1. The van der Waals surface area contributed by atoms with Gasteiger partial charge < -0.3 is 10.6 Å². The molecular formula is C26H26FN9O. The highest BCUT2D eigenvalue weighted by Crippen LogP contribution is 2.39. The molecule has 0 spiro atoms. The predicted molar refractivity (Wildman–Crippen MR) is 134 cm³/mol. The van der Waals surface area contributed by atoms with E-state index in [1.54, 1.807) is 24.4 Å². The lowest BCUT2D eigenvalue weighted by Crippen LogP contribution is -2.31. The second kappa shape index (κ2) is 10.2. The lowest BCUT2D eigenvalue weighted by Gasteiger charge is -2.18. The predicted octanol–water partition coefficient (Wildman–Crippen LogP) is 4.21. The van der Waals surface area contributed by atoms with E-state index in [2.05, 4.69) is 37.0 Å². The summed E-state index contributed by atoms with van der Waals surface area (Å²) in [6.45, 7) is 3.81. The van der Waals surface area contributed by atoms with Crippen LogP contribution in [0.5, 0.6) is 0 Å². The molecule has 0 radical (unpaired) electrons. The highest BCUT2D eigenvalue weighted by molar-refractivity contribution is 5.79. The normalized spacial score (nSPS) is 17.8. The molecule has 0 aromatic carbocycles. The van der Waals surface area contributed by atoms with Gasteiger partial charge in [0.15, 0.2) is 17.5 Å². The summed E-state index contributed by atoms with van der Waals surface area (Å²) in [6.07, 6.45) is 6.13. The Labute approximate surface area is 213 Å². The lowest BCUT2D eigenvalue weighted by molar-refractivity contribution is -0.125. The molecule has 0 bridgehead atoms. The lowest BCUT2D eigenvalue weighted by atomic mass is 9.97. The van der Waals surface area contributed by atoms with Crippen LogP contribution in [0.1, 0.15) is 60.7 Å². The van der Waals surface area contributed by atoms with Gasteiger partial charge in [0.05, 0.1) is 29.7 Å². The van der Waals surface area contributed by atoms with Crippen molar-refractivity contribution in [1.82, 2.24) is 35.3 Å². The molecule has 0 aliphatic heterocycles. The first-order chi connectivity index (χ1) is 17.9. The molecule has 188 valence electrons. The molecule has 3 N–H and O–H groups in total. The molecule has 1 aliphatic rings. The van der Waals surface area contributed by atoms with Crippen LogP contribution in [0.3, 0.4) is 0 Å². The second-order valence-electron chi connectivity index (χ2n) is 9.29. The largest absolute Gasteiger partial charge is 0.349 e. The SMILES string of the molecule is Cc1cc(Nc2ccc(C#N)c(C3CCC(C(=O)N[C@@H](C)c4ccc(-n5cc(F)cn5)nc4)C3)n2)n[nH]1. The summed E-state index contributed by atoms with van der Waals surface area (Å²) in [4.78, 5) is 22.1. The van der Waals surface area contributed by atoms with Crippen molar-refractivity contribution in [2.24, 2.45) is 5.92 Å². The summed E-state index contributed by atoms with van der Waals surface area (Å²) in [5.74, 6) is 1.12. The van der Waals surface area contributed by atoms with Gasteiger partial charge in [-0.1, -0.05) is 6.07 Å². The number of anilines is 2. The third-order valence-electron chi connectivity index (χ3n) is 6.61. The van der Waals surface area contributed by atoms with E-state index in [4.69, 9.17) is 4.98 Å². The number of nitrogens with one attached hydrogen (secondary N) is 3. The standard InChI is InChI=1S/C26H26FN9O/c1-15-9-23(35-34-15)32-22-7-5-19(11-28)25(33-22)17-3-4-18(10-17)26(37)31-16(2)20-6-8-24(29-12-20)36-14-21(27)13-30-36/h5-9,12-14,16-18H,3-4,10H2,1-2H3,(H,31,37)(H2,32,33,34,35)/t16-,17?,18?/m0/s1. The number of rotatable bonds is 7. The number of hydrogen-bond donors (Lipinski definition) is 3. The zero-order valence-electron chi connectivity index (χ0n) is 20.4. The van der Waals surface area contributed by atoms with Crippen LogP contribution in [0, 0.1) is 30.0 Å². The van der Waals surface area contributed by atoms with Gasteiger partial charge in [-0.25, -0.2) is 19.0 Å². The third kappa shape index (κ3) is 5.33. The van der Waals surface area contributed by atoms with Gasteiger partial charge >= 0.3 is 0 Å². The number of hydrogen-bond acceptors (Lipinski definition) is 7. The van der Waals surface area contributed by atoms with Gasteiger partial charge in [-0.15, -0.1) is 0 Å². The summed E-state index contributed by atoms with van der Waals surface area (Å²) >= 11 is 0. The molecule has 3 atom stereocenters. The molecule has 0 saturated heterocycles. The van der Waals surface area contributed by atoms with Gasteiger partial charge in [0.2, 0.25) is 5.91 Å². The van der Waals surface area contributed by atoms with Gasteiger partial charge in [-0.05, 0) is 56.9 Å². The van der Waals surface area contributed by atoms with Crippen LogP contribution in [0.4, 0.5) is 16.0 Å². The van der Waals surface area contributed by atoms with Gasteiger partial charge in [-0.2, -0.15) is 15.5 Å². The molecule has 1 saturated carbocycles. The van der Waals surface area contributed by atoms with E-state index in [0.29, 0.717) is 41.6 Å².